The summed E-state index contributed by atoms with van der Waals surface area (Å²) in [6.45, 7) is 0.876. The minimum absolute atomic E-state index is 0. The molecular weight excluding hydrogens is 544 g/mol. The number of rotatable bonds is 12. The fourth-order valence-electron chi connectivity index (χ4n) is 4.81. The molecule has 0 aliphatic carbocycles. The lowest BCUT2D eigenvalue weighted by atomic mass is 10.0. The molecule has 0 saturated carbocycles. The Balaban J connectivity index is 0.00000462. The second kappa shape index (κ2) is 14.9. The molecule has 4 N–H and O–H groups in total. The number of amidine groups is 1. The number of aryl methyl sites for hydroxylation is 1. The lowest BCUT2D eigenvalue weighted by Crippen LogP contribution is -2.38. The number of hydrogen-bond donors (Lipinski definition) is 3. The predicted octanol–water partition coefficient (Wildman–Crippen LogP) is 4.44. The first kappa shape index (κ1) is 31.2. The van der Waals surface area contributed by atoms with Crippen molar-refractivity contribution in [2.45, 2.75) is 31.7 Å². The molecule has 3 aromatic carbocycles. The Hall–Kier alpha value is -4.37. The van der Waals surface area contributed by atoms with Gasteiger partial charge in [0.05, 0.1) is 25.5 Å². The maximum Gasteiger partial charge on any atom is 0.306 e. The number of amides is 2. The first-order chi connectivity index (χ1) is 19.3. The summed E-state index contributed by atoms with van der Waals surface area (Å²) in [5, 5.41) is 10.3. The molecule has 2 amide bonds. The van der Waals surface area contributed by atoms with Crippen LogP contribution in [0.1, 0.15) is 40.7 Å². The van der Waals surface area contributed by atoms with Crippen molar-refractivity contribution in [1.29, 1.82) is 5.41 Å². The van der Waals surface area contributed by atoms with E-state index in [1.165, 1.54) is 12.7 Å². The van der Waals surface area contributed by atoms with Crippen LogP contribution in [0.15, 0.2) is 78.9 Å². The maximum absolute atomic E-state index is 13.1. The van der Waals surface area contributed by atoms with Crippen LogP contribution < -0.4 is 15.8 Å². The van der Waals surface area contributed by atoms with Gasteiger partial charge in [0.15, 0.2) is 0 Å². The highest BCUT2D eigenvalue weighted by molar-refractivity contribution is 6.05. The van der Waals surface area contributed by atoms with Gasteiger partial charge in [-0.1, -0.05) is 42.5 Å². The number of carbonyl (C=O) groups is 3. The summed E-state index contributed by atoms with van der Waals surface area (Å²) in [6, 6.07) is 23.5. The number of ether oxygens (including phenoxy) is 2. The van der Waals surface area contributed by atoms with E-state index in [9.17, 15) is 14.4 Å². The molecule has 9 nitrogen and oxygen atoms in total. The Bertz CT molecular complexity index is 1330. The van der Waals surface area contributed by atoms with Crippen LogP contribution in [-0.2, 0) is 20.7 Å². The summed E-state index contributed by atoms with van der Waals surface area (Å²) in [7, 11) is 1.33. The van der Waals surface area contributed by atoms with Gasteiger partial charge in [-0.15, -0.1) is 12.4 Å². The second-order valence-corrected chi connectivity index (χ2v) is 9.77. The molecule has 10 heteroatoms. The Kier molecular flexibility index (Phi) is 11.3. The molecule has 3 aromatic rings. The van der Waals surface area contributed by atoms with Gasteiger partial charge >= 0.3 is 5.97 Å². The minimum atomic E-state index is -0.417. The van der Waals surface area contributed by atoms with Crippen LogP contribution in [-0.4, -0.2) is 54.8 Å². The third-order valence-corrected chi connectivity index (χ3v) is 6.99. The molecule has 216 valence electrons. The maximum atomic E-state index is 13.1. The first-order valence-corrected chi connectivity index (χ1v) is 13.2. The molecule has 1 fully saturated rings. The molecule has 4 rings (SSSR count). The number of nitrogens with one attached hydrogen (secondary N) is 2. The monoisotopic (exact) mass is 578 g/mol. The summed E-state index contributed by atoms with van der Waals surface area (Å²) in [5.74, 6) is -0.579. The van der Waals surface area contributed by atoms with Crippen LogP contribution >= 0.6 is 12.4 Å². The molecule has 2 atom stereocenters. The van der Waals surface area contributed by atoms with Gasteiger partial charge in [-0.05, 0) is 61.2 Å². The van der Waals surface area contributed by atoms with E-state index in [2.05, 4.69) is 17.4 Å². The SMILES string of the molecule is COC(=O)C[C@@H]1C[C@@H](COc2ccc(NC(=O)c3ccc(C(=N)N)cc3)cc2)N(CCCc2ccccc2)C1=O.Cl. The van der Waals surface area contributed by atoms with Crippen molar-refractivity contribution in [1.82, 2.24) is 4.90 Å². The van der Waals surface area contributed by atoms with E-state index in [0.717, 1.165) is 12.8 Å². The molecule has 41 heavy (non-hydrogen) atoms. The van der Waals surface area contributed by atoms with E-state index in [4.69, 9.17) is 20.6 Å². The number of benzene rings is 3. The van der Waals surface area contributed by atoms with Gasteiger partial charge in [-0.25, -0.2) is 0 Å². The Morgan fingerprint density at radius 3 is 2.29 bits per heavy atom. The van der Waals surface area contributed by atoms with E-state index in [1.807, 2.05) is 23.1 Å². The van der Waals surface area contributed by atoms with Gasteiger partial charge < -0.3 is 25.4 Å². The van der Waals surface area contributed by atoms with Crippen LogP contribution in [0.5, 0.6) is 5.75 Å². The number of nitrogens with two attached hydrogens (primary N) is 1. The van der Waals surface area contributed by atoms with Crippen LogP contribution in [0.2, 0.25) is 0 Å². The first-order valence-electron chi connectivity index (χ1n) is 13.2. The minimum Gasteiger partial charge on any atom is -0.491 e. The summed E-state index contributed by atoms with van der Waals surface area (Å²) < 4.78 is 10.8. The summed E-state index contributed by atoms with van der Waals surface area (Å²) in [4.78, 5) is 39.4. The normalized spacial score (nSPS) is 16.0. The number of esters is 1. The molecule has 0 unspecified atom stereocenters. The van der Waals surface area contributed by atoms with E-state index in [1.54, 1.807) is 48.5 Å². The zero-order valence-electron chi connectivity index (χ0n) is 22.9. The average molecular weight is 579 g/mol. The van der Waals surface area contributed by atoms with Crippen molar-refractivity contribution < 1.29 is 23.9 Å². The van der Waals surface area contributed by atoms with E-state index in [-0.39, 0.29) is 42.5 Å². The predicted molar refractivity (Wildman–Crippen MR) is 160 cm³/mol. The van der Waals surface area contributed by atoms with Crippen molar-refractivity contribution in [3.63, 3.8) is 0 Å². The highest BCUT2D eigenvalue weighted by Crippen LogP contribution is 2.29. The summed E-state index contributed by atoms with van der Waals surface area (Å²) >= 11 is 0. The molecule has 1 saturated heterocycles. The number of anilines is 1. The zero-order chi connectivity index (χ0) is 28.5. The third kappa shape index (κ3) is 8.56. The number of hydrogen-bond acceptors (Lipinski definition) is 6. The van der Waals surface area contributed by atoms with Crippen molar-refractivity contribution >= 4 is 41.7 Å². The largest absolute Gasteiger partial charge is 0.491 e. The standard InChI is InChI=1S/C31H34N4O5.ClH/c1-39-28(36)19-24-18-26(35(31(24)38)17-5-8-21-6-3-2-4-7-21)20-40-27-15-13-25(14-16-27)34-30(37)23-11-9-22(10-12-23)29(32)33;/h2-4,6-7,9-16,24,26H,5,8,17-20H2,1H3,(H3,32,33)(H,34,37);1H/t24-,26-;/m0./s1. The van der Waals surface area contributed by atoms with Crippen molar-refractivity contribution in [2.24, 2.45) is 11.7 Å². The lowest BCUT2D eigenvalue weighted by molar-refractivity contribution is -0.144. The Labute approximate surface area is 245 Å². The third-order valence-electron chi connectivity index (χ3n) is 6.99. The van der Waals surface area contributed by atoms with Crippen LogP contribution in [0.25, 0.3) is 0 Å². The highest BCUT2D eigenvalue weighted by Gasteiger charge is 2.40. The van der Waals surface area contributed by atoms with Crippen molar-refractivity contribution in [3.05, 3.63) is 95.6 Å². The number of carbonyl (C=O) groups excluding carboxylic acids is 3. The fraction of sp³-hybridized carbons (Fsp3) is 0.290. The van der Waals surface area contributed by atoms with Gasteiger partial charge in [-0.3, -0.25) is 19.8 Å². The van der Waals surface area contributed by atoms with E-state index < -0.39 is 11.9 Å². The van der Waals surface area contributed by atoms with Gasteiger partial charge in [-0.2, -0.15) is 0 Å². The smallest absolute Gasteiger partial charge is 0.306 e. The molecule has 0 aromatic heterocycles. The fourth-order valence-corrected chi connectivity index (χ4v) is 4.81. The van der Waals surface area contributed by atoms with E-state index >= 15 is 0 Å². The zero-order valence-corrected chi connectivity index (χ0v) is 23.7. The van der Waals surface area contributed by atoms with Gasteiger partial charge in [0, 0.05) is 23.4 Å². The van der Waals surface area contributed by atoms with Crippen molar-refractivity contribution in [3.8, 4) is 5.75 Å². The molecule has 0 bridgehead atoms. The second-order valence-electron chi connectivity index (χ2n) is 9.77. The van der Waals surface area contributed by atoms with Gasteiger partial charge in [0.2, 0.25) is 5.91 Å². The van der Waals surface area contributed by atoms with Gasteiger partial charge in [0.25, 0.3) is 5.91 Å². The molecule has 0 spiro atoms. The van der Waals surface area contributed by atoms with Crippen molar-refractivity contribution in [2.75, 3.05) is 25.6 Å². The molecule has 1 heterocycles. The molecule has 0 radical (unpaired) electrons. The highest BCUT2D eigenvalue weighted by atomic mass is 35.5. The number of methoxy groups -OCH3 is 1. The molecule has 1 aliphatic heterocycles. The van der Waals surface area contributed by atoms with Crippen LogP contribution in [0.3, 0.4) is 0 Å². The molecule has 1 aliphatic rings. The summed E-state index contributed by atoms with van der Waals surface area (Å²) in [5.41, 5.74) is 8.28. The van der Waals surface area contributed by atoms with Crippen LogP contribution in [0, 0.1) is 11.3 Å². The Morgan fingerprint density at radius 2 is 1.66 bits per heavy atom. The number of halogens is 1. The number of nitrogen functional groups attached to an aromatic ring is 1. The van der Waals surface area contributed by atoms with Crippen LogP contribution in [0.4, 0.5) is 5.69 Å². The van der Waals surface area contributed by atoms with E-state index in [0.29, 0.717) is 42.1 Å². The number of nitrogens with zero attached hydrogens (tertiary/aromatic N) is 1. The molecular formula is C31H35ClN4O5. The topological polar surface area (TPSA) is 135 Å². The average Bonchev–Trinajstić information content (AvgIpc) is 3.26. The summed E-state index contributed by atoms with van der Waals surface area (Å²) in [6.07, 6.45) is 2.25. The quantitative estimate of drug-likeness (QED) is 0.165. The number of likely N-dealkylation sites (tertiary alicyclic amines) is 1. The lowest BCUT2D eigenvalue weighted by Gasteiger charge is -2.25. The van der Waals surface area contributed by atoms with Gasteiger partial charge in [0.1, 0.15) is 18.2 Å². The Morgan fingerprint density at radius 1 is 1.00 bits per heavy atom.